The molecule has 1 aromatic rings. The van der Waals surface area contributed by atoms with Crippen LogP contribution in [0.3, 0.4) is 0 Å². The van der Waals surface area contributed by atoms with E-state index in [1.807, 2.05) is 0 Å². The van der Waals surface area contributed by atoms with Gasteiger partial charge in [-0.05, 0) is 17.7 Å². The smallest absolute Gasteiger partial charge is 0.230 e. The van der Waals surface area contributed by atoms with Crippen LogP contribution in [0.4, 0.5) is 10.1 Å². The third-order valence-electron chi connectivity index (χ3n) is 1.71. The lowest BCUT2D eigenvalue weighted by atomic mass is 10.3. The Morgan fingerprint density at radius 2 is 2.44 bits per heavy atom. The monoisotopic (exact) mass is 224 g/mol. The Morgan fingerprint density at radius 3 is 3.00 bits per heavy atom. The van der Waals surface area contributed by atoms with Gasteiger partial charge in [0.25, 0.3) is 0 Å². The van der Waals surface area contributed by atoms with Gasteiger partial charge in [-0.1, -0.05) is 5.11 Å². The van der Waals surface area contributed by atoms with Gasteiger partial charge in [0, 0.05) is 16.7 Å². The van der Waals surface area contributed by atoms with E-state index in [0.29, 0.717) is 0 Å². The lowest BCUT2D eigenvalue weighted by Crippen LogP contribution is -2.14. The second-order valence-corrected chi connectivity index (χ2v) is 2.79. The number of anilines is 1. The number of hydrogen-bond donors (Lipinski definition) is 1. The van der Waals surface area contributed by atoms with E-state index in [-0.39, 0.29) is 18.0 Å². The van der Waals surface area contributed by atoms with E-state index >= 15 is 0 Å². The molecule has 1 amide bonds. The summed E-state index contributed by atoms with van der Waals surface area (Å²) in [7, 11) is 1.35. The van der Waals surface area contributed by atoms with Crippen LogP contribution < -0.4 is 10.1 Å². The molecule has 16 heavy (non-hydrogen) atoms. The van der Waals surface area contributed by atoms with Crippen molar-refractivity contribution >= 4 is 11.6 Å². The van der Waals surface area contributed by atoms with E-state index in [4.69, 9.17) is 10.3 Å². The summed E-state index contributed by atoms with van der Waals surface area (Å²) < 4.78 is 17.9. The number of methoxy groups -OCH3 is 1. The minimum Gasteiger partial charge on any atom is -0.494 e. The first-order chi connectivity index (χ1) is 7.67. The summed E-state index contributed by atoms with van der Waals surface area (Å²) in [5.74, 6) is -1.00. The molecule has 0 aliphatic carbocycles. The maximum absolute atomic E-state index is 13.2. The number of nitrogens with one attached hydrogen (secondary N) is 1. The van der Waals surface area contributed by atoms with Crippen LogP contribution in [0.5, 0.6) is 5.75 Å². The number of azide groups is 1. The molecule has 0 spiro atoms. The predicted octanol–water partition coefficient (Wildman–Crippen LogP) is 2.08. The summed E-state index contributed by atoms with van der Waals surface area (Å²) >= 11 is 0. The molecule has 84 valence electrons. The van der Waals surface area contributed by atoms with Crippen molar-refractivity contribution in [2.45, 2.75) is 0 Å². The van der Waals surface area contributed by atoms with Gasteiger partial charge >= 0.3 is 0 Å². The van der Waals surface area contributed by atoms with Crippen LogP contribution >= 0.6 is 0 Å². The summed E-state index contributed by atoms with van der Waals surface area (Å²) in [5, 5.41) is 5.44. The molecule has 0 heterocycles. The van der Waals surface area contributed by atoms with Gasteiger partial charge in [0.05, 0.1) is 7.11 Å². The summed E-state index contributed by atoms with van der Waals surface area (Å²) in [6.45, 7) is -0.329. The van der Waals surface area contributed by atoms with Crippen molar-refractivity contribution in [2.75, 3.05) is 19.0 Å². The molecule has 0 aliphatic heterocycles. The van der Waals surface area contributed by atoms with Crippen molar-refractivity contribution in [3.63, 3.8) is 0 Å². The normalized spacial score (nSPS) is 9.12. The van der Waals surface area contributed by atoms with Gasteiger partial charge in [-0.2, -0.15) is 0 Å². The van der Waals surface area contributed by atoms with Crippen molar-refractivity contribution in [1.82, 2.24) is 0 Å². The molecule has 1 aromatic carbocycles. The van der Waals surface area contributed by atoms with Crippen LogP contribution in [0.1, 0.15) is 0 Å². The van der Waals surface area contributed by atoms with Crippen LogP contribution in [0, 0.1) is 5.82 Å². The number of benzene rings is 1. The average Bonchev–Trinajstić information content (AvgIpc) is 2.26. The Balaban J connectivity index is 2.71. The molecular weight excluding hydrogens is 215 g/mol. The van der Waals surface area contributed by atoms with Crippen molar-refractivity contribution in [2.24, 2.45) is 5.11 Å². The highest BCUT2D eigenvalue weighted by molar-refractivity contribution is 5.92. The number of nitrogens with zero attached hydrogens (tertiary/aromatic N) is 3. The molecule has 7 heteroatoms. The van der Waals surface area contributed by atoms with Gasteiger partial charge in [0.15, 0.2) is 11.6 Å². The molecule has 6 nitrogen and oxygen atoms in total. The molecule has 0 bridgehead atoms. The number of ether oxygens (including phenoxy) is 1. The molecule has 0 aromatic heterocycles. The van der Waals surface area contributed by atoms with Crippen LogP contribution in [0.25, 0.3) is 10.4 Å². The lowest BCUT2D eigenvalue weighted by molar-refractivity contribution is -0.114. The zero-order valence-electron chi connectivity index (χ0n) is 8.48. The predicted molar refractivity (Wildman–Crippen MR) is 55.6 cm³/mol. The lowest BCUT2D eigenvalue weighted by Gasteiger charge is -2.05. The fourth-order valence-electron chi connectivity index (χ4n) is 1.04. The highest BCUT2D eigenvalue weighted by Crippen LogP contribution is 2.20. The van der Waals surface area contributed by atoms with Gasteiger partial charge in [0.1, 0.15) is 6.54 Å². The largest absolute Gasteiger partial charge is 0.494 e. The summed E-state index contributed by atoms with van der Waals surface area (Å²) in [4.78, 5) is 13.5. The number of hydrogen-bond acceptors (Lipinski definition) is 3. The average molecular weight is 224 g/mol. The van der Waals surface area contributed by atoms with Crippen LogP contribution in [0.2, 0.25) is 0 Å². The standard InChI is InChI=1S/C9H9FN4O2/c1-16-8-3-2-6(4-7(8)10)13-9(15)5-12-14-11/h2-4H,5H2,1H3,(H,13,15). The Kier molecular flexibility index (Phi) is 4.11. The highest BCUT2D eigenvalue weighted by Gasteiger charge is 2.05. The van der Waals surface area contributed by atoms with E-state index in [2.05, 4.69) is 15.3 Å². The third-order valence-corrected chi connectivity index (χ3v) is 1.71. The number of carbonyl (C=O) groups excluding carboxylic acids is 1. The SMILES string of the molecule is COc1ccc(NC(=O)CN=[N+]=[N-])cc1F. The van der Waals surface area contributed by atoms with Crippen LogP contribution in [0.15, 0.2) is 23.3 Å². The maximum Gasteiger partial charge on any atom is 0.230 e. The Bertz CT molecular complexity index is 443. The minimum absolute atomic E-state index is 0.0908. The highest BCUT2D eigenvalue weighted by atomic mass is 19.1. The first-order valence-corrected chi connectivity index (χ1v) is 4.31. The second-order valence-electron chi connectivity index (χ2n) is 2.79. The van der Waals surface area contributed by atoms with E-state index < -0.39 is 11.7 Å². The Morgan fingerprint density at radius 1 is 1.69 bits per heavy atom. The molecule has 0 saturated carbocycles. The zero-order valence-corrected chi connectivity index (χ0v) is 8.48. The fourth-order valence-corrected chi connectivity index (χ4v) is 1.04. The Hall–Kier alpha value is -2.27. The van der Waals surface area contributed by atoms with Gasteiger partial charge in [-0.15, -0.1) is 0 Å². The minimum atomic E-state index is -0.580. The van der Waals surface area contributed by atoms with E-state index in [1.54, 1.807) is 0 Å². The number of halogens is 1. The summed E-state index contributed by atoms with van der Waals surface area (Å²) in [6, 6.07) is 3.99. The van der Waals surface area contributed by atoms with E-state index in [0.717, 1.165) is 6.07 Å². The Labute approximate surface area is 90.7 Å². The van der Waals surface area contributed by atoms with Crippen molar-refractivity contribution in [3.8, 4) is 5.75 Å². The van der Waals surface area contributed by atoms with E-state index in [9.17, 15) is 9.18 Å². The van der Waals surface area contributed by atoms with Crippen molar-refractivity contribution in [1.29, 1.82) is 0 Å². The molecule has 0 fully saturated rings. The second kappa shape index (κ2) is 5.57. The summed E-state index contributed by atoms with van der Waals surface area (Å²) in [6.07, 6.45) is 0. The molecular formula is C9H9FN4O2. The topological polar surface area (TPSA) is 87.1 Å². The quantitative estimate of drug-likeness (QED) is 0.482. The van der Waals surface area contributed by atoms with E-state index in [1.165, 1.54) is 19.2 Å². The summed E-state index contributed by atoms with van der Waals surface area (Å²) in [5.41, 5.74) is 8.27. The van der Waals surface area contributed by atoms with Crippen LogP contribution in [-0.2, 0) is 4.79 Å². The first-order valence-electron chi connectivity index (χ1n) is 4.31. The molecule has 1 N–H and O–H groups in total. The molecule has 0 unspecified atom stereocenters. The van der Waals surface area contributed by atoms with Gasteiger partial charge in [0.2, 0.25) is 5.91 Å². The number of rotatable bonds is 4. The van der Waals surface area contributed by atoms with Gasteiger partial charge in [-0.25, -0.2) is 4.39 Å². The van der Waals surface area contributed by atoms with Gasteiger partial charge in [-0.3, -0.25) is 4.79 Å². The molecule has 1 rings (SSSR count). The van der Waals surface area contributed by atoms with Crippen molar-refractivity contribution < 1.29 is 13.9 Å². The van der Waals surface area contributed by atoms with Gasteiger partial charge < -0.3 is 10.1 Å². The molecule has 0 saturated heterocycles. The van der Waals surface area contributed by atoms with Crippen molar-refractivity contribution in [3.05, 3.63) is 34.5 Å². The number of carbonyl (C=O) groups is 1. The zero-order chi connectivity index (χ0) is 12.0. The maximum atomic E-state index is 13.2. The number of amides is 1. The molecule has 0 aliphatic rings. The third kappa shape index (κ3) is 3.14. The van der Waals surface area contributed by atoms with Crippen LogP contribution in [-0.4, -0.2) is 19.6 Å². The fraction of sp³-hybridized carbons (Fsp3) is 0.222. The molecule has 0 radical (unpaired) electrons. The molecule has 0 atom stereocenters. The first kappa shape index (κ1) is 11.8.